The fourth-order valence-electron chi connectivity index (χ4n) is 5.56. The molecule has 188 valence electrons. The van der Waals surface area contributed by atoms with E-state index in [4.69, 9.17) is 11.6 Å². The van der Waals surface area contributed by atoms with E-state index in [0.717, 1.165) is 44.1 Å². The Bertz CT molecular complexity index is 845. The minimum atomic E-state index is 0.0281. The molecule has 0 spiro atoms. The average Bonchev–Trinajstić information content (AvgIpc) is 3.35. The quantitative estimate of drug-likeness (QED) is 0.313. The number of carbonyl (C=O) groups excluding carboxylic acids is 2. The predicted octanol–water partition coefficient (Wildman–Crippen LogP) is 4.68. The lowest BCUT2D eigenvalue weighted by molar-refractivity contribution is -0.134. The van der Waals surface area contributed by atoms with Gasteiger partial charge in [-0.2, -0.15) is 0 Å². The third-order valence-electron chi connectivity index (χ3n) is 7.48. The van der Waals surface area contributed by atoms with Crippen molar-refractivity contribution in [2.45, 2.75) is 94.8 Å². The van der Waals surface area contributed by atoms with Crippen LogP contribution in [0.25, 0.3) is 0 Å². The molecule has 2 heterocycles. The van der Waals surface area contributed by atoms with Crippen LogP contribution < -0.4 is 10.2 Å². The molecular formula is C25H38ClN5O2S. The molecule has 1 unspecified atom stereocenters. The summed E-state index contributed by atoms with van der Waals surface area (Å²) in [5.74, 6) is 2.10. The van der Waals surface area contributed by atoms with Crippen LogP contribution in [-0.4, -0.2) is 64.2 Å². The molecule has 1 aliphatic heterocycles. The molecule has 2 saturated carbocycles. The van der Waals surface area contributed by atoms with Crippen molar-refractivity contribution in [1.82, 2.24) is 20.2 Å². The molecule has 3 aliphatic rings. The van der Waals surface area contributed by atoms with Gasteiger partial charge in [-0.25, -0.2) is 9.97 Å². The molecule has 0 radical (unpaired) electrons. The predicted molar refractivity (Wildman–Crippen MR) is 137 cm³/mol. The van der Waals surface area contributed by atoms with Gasteiger partial charge in [-0.05, 0) is 32.1 Å². The highest BCUT2D eigenvalue weighted by atomic mass is 35.5. The highest BCUT2D eigenvalue weighted by Gasteiger charge is 2.29. The molecule has 1 aromatic heterocycles. The third kappa shape index (κ3) is 7.23. The van der Waals surface area contributed by atoms with Crippen LogP contribution in [0.4, 0.5) is 5.82 Å². The minimum absolute atomic E-state index is 0.0281. The molecule has 0 aromatic carbocycles. The van der Waals surface area contributed by atoms with Crippen LogP contribution in [0, 0.1) is 5.92 Å². The van der Waals surface area contributed by atoms with Crippen molar-refractivity contribution in [2.75, 3.05) is 30.3 Å². The smallest absolute Gasteiger partial charge is 0.230 e. The van der Waals surface area contributed by atoms with Crippen LogP contribution in [0.3, 0.4) is 0 Å². The van der Waals surface area contributed by atoms with E-state index in [0.29, 0.717) is 29.3 Å². The number of hydrogen-bond donors (Lipinski definition) is 1. The van der Waals surface area contributed by atoms with Gasteiger partial charge < -0.3 is 15.1 Å². The summed E-state index contributed by atoms with van der Waals surface area (Å²) < 4.78 is 0. The van der Waals surface area contributed by atoms with E-state index in [1.165, 1.54) is 56.7 Å². The molecule has 7 nitrogen and oxygen atoms in total. The van der Waals surface area contributed by atoms with E-state index >= 15 is 0 Å². The number of rotatable bonds is 8. The number of anilines is 1. The van der Waals surface area contributed by atoms with Crippen LogP contribution in [-0.2, 0) is 9.59 Å². The van der Waals surface area contributed by atoms with Crippen molar-refractivity contribution in [3.63, 3.8) is 0 Å². The van der Waals surface area contributed by atoms with E-state index in [2.05, 4.69) is 27.1 Å². The first-order chi connectivity index (χ1) is 16.5. The maximum absolute atomic E-state index is 12.8. The maximum atomic E-state index is 12.8. The summed E-state index contributed by atoms with van der Waals surface area (Å²) in [6.45, 7) is 4.24. The van der Waals surface area contributed by atoms with E-state index in [1.54, 1.807) is 6.07 Å². The summed E-state index contributed by atoms with van der Waals surface area (Å²) in [5, 5.41) is 4.03. The summed E-state index contributed by atoms with van der Waals surface area (Å²) in [4.78, 5) is 38.4. The second-order valence-corrected chi connectivity index (χ2v) is 11.4. The van der Waals surface area contributed by atoms with E-state index < -0.39 is 0 Å². The lowest BCUT2D eigenvalue weighted by Gasteiger charge is -2.40. The molecule has 4 rings (SSSR count). The molecule has 1 saturated heterocycles. The number of nitrogens with one attached hydrogen (secondary N) is 1. The molecule has 2 amide bonds. The zero-order chi connectivity index (χ0) is 23.9. The van der Waals surface area contributed by atoms with Gasteiger partial charge in [-0.3, -0.25) is 9.59 Å². The van der Waals surface area contributed by atoms with Gasteiger partial charge in [0.2, 0.25) is 11.8 Å². The van der Waals surface area contributed by atoms with Crippen LogP contribution >= 0.6 is 23.4 Å². The number of piperazine rings is 1. The molecule has 0 bridgehead atoms. The van der Waals surface area contributed by atoms with Crippen LogP contribution in [0.1, 0.15) is 77.6 Å². The monoisotopic (exact) mass is 507 g/mol. The Balaban J connectivity index is 1.27. The molecule has 34 heavy (non-hydrogen) atoms. The van der Waals surface area contributed by atoms with Gasteiger partial charge in [-0.15, -0.1) is 0 Å². The summed E-state index contributed by atoms with van der Waals surface area (Å²) in [7, 11) is 0. The van der Waals surface area contributed by atoms with Gasteiger partial charge in [0.1, 0.15) is 11.0 Å². The van der Waals surface area contributed by atoms with E-state index in [-0.39, 0.29) is 23.6 Å². The molecule has 3 fully saturated rings. The number of hydrogen-bond acceptors (Lipinski definition) is 6. The number of aromatic nitrogens is 2. The minimum Gasteiger partial charge on any atom is -0.353 e. The van der Waals surface area contributed by atoms with Gasteiger partial charge >= 0.3 is 0 Å². The van der Waals surface area contributed by atoms with Crippen LogP contribution in [0.15, 0.2) is 11.2 Å². The first-order valence-corrected chi connectivity index (χ1v) is 14.4. The lowest BCUT2D eigenvalue weighted by atomic mass is 9.95. The van der Waals surface area contributed by atoms with Crippen LogP contribution in [0.2, 0.25) is 5.15 Å². The number of carbonyl (C=O) groups is 2. The largest absolute Gasteiger partial charge is 0.353 e. The highest BCUT2D eigenvalue weighted by molar-refractivity contribution is 7.99. The van der Waals surface area contributed by atoms with Crippen molar-refractivity contribution in [1.29, 1.82) is 0 Å². The lowest BCUT2D eigenvalue weighted by Crippen LogP contribution is -2.54. The normalized spacial score (nSPS) is 22.2. The van der Waals surface area contributed by atoms with Gasteiger partial charge in [0.05, 0.1) is 5.75 Å². The van der Waals surface area contributed by atoms with Gasteiger partial charge in [0, 0.05) is 44.2 Å². The summed E-state index contributed by atoms with van der Waals surface area (Å²) in [6, 6.07) is 2.20. The Morgan fingerprint density at radius 1 is 1.09 bits per heavy atom. The third-order valence-corrected chi connectivity index (χ3v) is 8.52. The standard InChI is InChI=1S/C25H38ClN5O2S/c1-18-16-30(13-14-31(18)24(33)12-11-19-7-5-6-8-19)22-15-21(26)28-25(29-22)34-17-23(32)27-20-9-3-2-4-10-20/h15,18-20H,2-14,16-17H2,1H3,(H,27,32). The number of thioether (sulfide) groups is 1. The number of nitrogens with zero attached hydrogens (tertiary/aromatic N) is 4. The van der Waals surface area contributed by atoms with Crippen molar-refractivity contribution in [3.05, 3.63) is 11.2 Å². The van der Waals surface area contributed by atoms with E-state index in [9.17, 15) is 9.59 Å². The van der Waals surface area contributed by atoms with Crippen molar-refractivity contribution in [3.8, 4) is 0 Å². The SMILES string of the molecule is CC1CN(c2cc(Cl)nc(SCC(=O)NC3CCCCC3)n2)CCN1C(=O)CCC1CCCC1. The Labute approximate surface area is 212 Å². The maximum Gasteiger partial charge on any atom is 0.230 e. The van der Waals surface area contributed by atoms with Gasteiger partial charge in [0.15, 0.2) is 5.16 Å². The molecular weight excluding hydrogens is 470 g/mol. The fourth-order valence-corrected chi connectivity index (χ4v) is 6.46. The van der Waals surface area contributed by atoms with Crippen molar-refractivity contribution >= 4 is 41.0 Å². The molecule has 1 atom stereocenters. The highest BCUT2D eigenvalue weighted by Crippen LogP contribution is 2.29. The topological polar surface area (TPSA) is 78.4 Å². The summed E-state index contributed by atoms with van der Waals surface area (Å²) in [5.41, 5.74) is 0. The zero-order valence-electron chi connectivity index (χ0n) is 20.3. The first kappa shape index (κ1) is 25.5. The van der Waals surface area contributed by atoms with Crippen molar-refractivity contribution < 1.29 is 9.59 Å². The Kier molecular flexibility index (Phi) is 9.34. The summed E-state index contributed by atoms with van der Waals surface area (Å²) in [6.07, 6.45) is 12.7. The second kappa shape index (κ2) is 12.4. The first-order valence-electron chi connectivity index (χ1n) is 13.0. The molecule has 9 heteroatoms. The van der Waals surface area contributed by atoms with Crippen LogP contribution in [0.5, 0.6) is 0 Å². The Morgan fingerprint density at radius 3 is 2.56 bits per heavy atom. The molecule has 2 aliphatic carbocycles. The number of amides is 2. The molecule has 1 N–H and O–H groups in total. The fraction of sp³-hybridized carbons (Fsp3) is 0.760. The summed E-state index contributed by atoms with van der Waals surface area (Å²) >= 11 is 7.63. The Hall–Kier alpha value is -1.54. The Morgan fingerprint density at radius 2 is 1.82 bits per heavy atom. The van der Waals surface area contributed by atoms with E-state index in [1.807, 2.05) is 4.90 Å². The van der Waals surface area contributed by atoms with Gasteiger partial charge in [-0.1, -0.05) is 68.3 Å². The number of halogens is 1. The second-order valence-electron chi connectivity index (χ2n) is 10.1. The van der Waals surface area contributed by atoms with Gasteiger partial charge in [0.25, 0.3) is 0 Å². The van der Waals surface area contributed by atoms with Crippen molar-refractivity contribution in [2.24, 2.45) is 5.92 Å². The zero-order valence-corrected chi connectivity index (χ0v) is 21.9. The molecule has 1 aromatic rings. The average molecular weight is 508 g/mol.